The number of phenols is 1. The Morgan fingerprint density at radius 1 is 1.00 bits per heavy atom. The number of phenolic OH excluding ortho intramolecular Hbond substituents is 1. The van der Waals surface area contributed by atoms with E-state index in [2.05, 4.69) is 15.9 Å². The lowest BCUT2D eigenvalue weighted by Gasteiger charge is -1.98. The molecular formula is C10H5BrO3. The summed E-state index contributed by atoms with van der Waals surface area (Å²) in [6.07, 6.45) is 3.07. The molecule has 1 N–H and O–H groups in total. The fraction of sp³-hybridized carbons (Fsp3) is 0. The standard InChI is InChI=1S/C10H5BrO3/c11-7-5-1-3-13-9(5)8(12)10-6(7)2-4-14-10/h1-4,12H. The van der Waals surface area contributed by atoms with Crippen molar-refractivity contribution >= 4 is 37.9 Å². The summed E-state index contributed by atoms with van der Waals surface area (Å²) in [6, 6.07) is 3.59. The molecule has 0 fully saturated rings. The van der Waals surface area contributed by atoms with Crippen LogP contribution in [0.1, 0.15) is 0 Å². The SMILES string of the molecule is Oc1c2occc2c(Br)c2ccoc12. The lowest BCUT2D eigenvalue weighted by Crippen LogP contribution is -1.73. The van der Waals surface area contributed by atoms with Crippen molar-refractivity contribution in [3.8, 4) is 5.75 Å². The quantitative estimate of drug-likeness (QED) is 0.665. The Bertz CT molecular complexity index is 518. The van der Waals surface area contributed by atoms with Crippen LogP contribution in [0.3, 0.4) is 0 Å². The molecule has 0 saturated carbocycles. The molecule has 2 heterocycles. The van der Waals surface area contributed by atoms with Gasteiger partial charge in [-0.15, -0.1) is 0 Å². The number of halogens is 1. The van der Waals surface area contributed by atoms with Crippen molar-refractivity contribution in [2.24, 2.45) is 0 Å². The van der Waals surface area contributed by atoms with Crippen LogP contribution >= 0.6 is 15.9 Å². The predicted molar refractivity (Wildman–Crippen MR) is 55.4 cm³/mol. The summed E-state index contributed by atoms with van der Waals surface area (Å²) in [7, 11) is 0. The predicted octanol–water partition coefficient (Wildman–Crippen LogP) is 3.65. The van der Waals surface area contributed by atoms with E-state index in [-0.39, 0.29) is 5.75 Å². The van der Waals surface area contributed by atoms with Gasteiger partial charge in [0.05, 0.1) is 12.5 Å². The monoisotopic (exact) mass is 252 g/mol. The van der Waals surface area contributed by atoms with Gasteiger partial charge in [0.1, 0.15) is 0 Å². The van der Waals surface area contributed by atoms with Crippen LogP contribution in [0.5, 0.6) is 5.75 Å². The Hall–Kier alpha value is -1.42. The molecule has 70 valence electrons. The van der Waals surface area contributed by atoms with Crippen molar-refractivity contribution < 1.29 is 13.9 Å². The van der Waals surface area contributed by atoms with Crippen molar-refractivity contribution in [1.82, 2.24) is 0 Å². The highest BCUT2D eigenvalue weighted by atomic mass is 79.9. The molecule has 3 aromatic rings. The van der Waals surface area contributed by atoms with Crippen molar-refractivity contribution in [3.63, 3.8) is 0 Å². The number of aromatic hydroxyl groups is 1. The second kappa shape index (κ2) is 2.54. The molecule has 2 aromatic heterocycles. The number of benzene rings is 1. The van der Waals surface area contributed by atoms with E-state index in [0.29, 0.717) is 11.2 Å². The van der Waals surface area contributed by atoms with Crippen molar-refractivity contribution in [1.29, 1.82) is 0 Å². The van der Waals surface area contributed by atoms with Gasteiger partial charge in [0.2, 0.25) is 5.75 Å². The largest absolute Gasteiger partial charge is 0.502 e. The Kier molecular flexibility index (Phi) is 1.44. The molecule has 0 aliphatic heterocycles. The van der Waals surface area contributed by atoms with Gasteiger partial charge in [-0.3, -0.25) is 0 Å². The zero-order valence-electron chi connectivity index (χ0n) is 6.95. The summed E-state index contributed by atoms with van der Waals surface area (Å²) in [4.78, 5) is 0. The highest BCUT2D eigenvalue weighted by Gasteiger charge is 2.15. The van der Waals surface area contributed by atoms with Crippen LogP contribution in [0.25, 0.3) is 21.9 Å². The van der Waals surface area contributed by atoms with Gasteiger partial charge >= 0.3 is 0 Å². The van der Waals surface area contributed by atoms with E-state index in [9.17, 15) is 5.11 Å². The average molecular weight is 253 g/mol. The molecule has 0 unspecified atom stereocenters. The molecule has 0 bridgehead atoms. The maximum atomic E-state index is 9.80. The van der Waals surface area contributed by atoms with Gasteiger partial charge in [-0.25, -0.2) is 0 Å². The molecular weight excluding hydrogens is 248 g/mol. The number of furan rings is 2. The van der Waals surface area contributed by atoms with Crippen LogP contribution in [-0.2, 0) is 0 Å². The zero-order valence-corrected chi connectivity index (χ0v) is 8.54. The minimum absolute atomic E-state index is 0.0493. The minimum atomic E-state index is 0.0493. The molecule has 0 amide bonds. The molecule has 0 radical (unpaired) electrons. The lowest BCUT2D eigenvalue weighted by molar-refractivity contribution is 0.456. The maximum Gasteiger partial charge on any atom is 0.203 e. The van der Waals surface area contributed by atoms with E-state index < -0.39 is 0 Å². The second-order valence-electron chi connectivity index (χ2n) is 2.99. The first kappa shape index (κ1) is 7.94. The first-order valence-corrected chi connectivity index (χ1v) is 4.83. The van der Waals surface area contributed by atoms with Crippen molar-refractivity contribution in [2.75, 3.05) is 0 Å². The molecule has 3 rings (SSSR count). The highest BCUT2D eigenvalue weighted by molar-refractivity contribution is 9.10. The van der Waals surface area contributed by atoms with E-state index >= 15 is 0 Å². The normalized spacial score (nSPS) is 11.5. The van der Waals surface area contributed by atoms with E-state index in [4.69, 9.17) is 8.83 Å². The van der Waals surface area contributed by atoms with E-state index in [1.54, 1.807) is 12.1 Å². The molecule has 14 heavy (non-hydrogen) atoms. The first-order valence-electron chi connectivity index (χ1n) is 4.04. The van der Waals surface area contributed by atoms with Gasteiger partial charge in [0.15, 0.2) is 11.2 Å². The van der Waals surface area contributed by atoms with Crippen LogP contribution in [0.2, 0.25) is 0 Å². The fourth-order valence-corrected chi connectivity index (χ4v) is 2.20. The first-order chi connectivity index (χ1) is 6.79. The van der Waals surface area contributed by atoms with Crippen LogP contribution in [0, 0.1) is 0 Å². The smallest absolute Gasteiger partial charge is 0.203 e. The molecule has 4 heteroatoms. The molecule has 0 spiro atoms. The van der Waals surface area contributed by atoms with Gasteiger partial charge < -0.3 is 13.9 Å². The Morgan fingerprint density at radius 3 is 2.00 bits per heavy atom. The van der Waals surface area contributed by atoms with Crippen LogP contribution in [0.4, 0.5) is 0 Å². The summed E-state index contributed by atoms with van der Waals surface area (Å²) >= 11 is 3.44. The third kappa shape index (κ3) is 0.812. The molecule has 0 saturated heterocycles. The molecule has 0 atom stereocenters. The summed E-state index contributed by atoms with van der Waals surface area (Å²) in [6.45, 7) is 0. The molecule has 3 nitrogen and oxygen atoms in total. The maximum absolute atomic E-state index is 9.80. The van der Waals surface area contributed by atoms with Gasteiger partial charge in [0.25, 0.3) is 0 Å². The lowest BCUT2D eigenvalue weighted by atomic mass is 10.2. The topological polar surface area (TPSA) is 46.5 Å². The molecule has 0 aliphatic rings. The van der Waals surface area contributed by atoms with E-state index in [1.807, 2.05) is 0 Å². The van der Waals surface area contributed by atoms with Gasteiger partial charge in [-0.1, -0.05) is 0 Å². The summed E-state index contributed by atoms with van der Waals surface area (Å²) in [5.74, 6) is 0.0493. The fourth-order valence-electron chi connectivity index (χ4n) is 1.58. The van der Waals surface area contributed by atoms with Crippen LogP contribution < -0.4 is 0 Å². The number of rotatable bonds is 0. The van der Waals surface area contributed by atoms with Crippen LogP contribution in [0.15, 0.2) is 38.0 Å². The van der Waals surface area contributed by atoms with Crippen molar-refractivity contribution in [3.05, 3.63) is 29.1 Å². The van der Waals surface area contributed by atoms with Gasteiger partial charge in [-0.05, 0) is 28.1 Å². The summed E-state index contributed by atoms with van der Waals surface area (Å²) in [5, 5.41) is 11.5. The second-order valence-corrected chi connectivity index (χ2v) is 3.78. The van der Waals surface area contributed by atoms with E-state index in [1.165, 1.54) is 12.5 Å². The number of hydrogen-bond acceptors (Lipinski definition) is 3. The minimum Gasteiger partial charge on any atom is -0.502 e. The average Bonchev–Trinajstić information content (AvgIpc) is 2.82. The Balaban J connectivity index is 2.72. The Morgan fingerprint density at radius 2 is 1.50 bits per heavy atom. The highest BCUT2D eigenvalue weighted by Crippen LogP contribution is 2.41. The Labute approximate surface area is 87.0 Å². The third-order valence-corrected chi connectivity index (χ3v) is 3.09. The zero-order chi connectivity index (χ0) is 9.71. The molecule has 0 aliphatic carbocycles. The van der Waals surface area contributed by atoms with Gasteiger partial charge in [-0.2, -0.15) is 0 Å². The van der Waals surface area contributed by atoms with Crippen LogP contribution in [-0.4, -0.2) is 5.11 Å². The number of fused-ring (bicyclic) bond motifs is 2. The summed E-state index contributed by atoms with van der Waals surface area (Å²) < 4.78 is 11.2. The third-order valence-electron chi connectivity index (χ3n) is 2.23. The molecule has 1 aromatic carbocycles. The van der Waals surface area contributed by atoms with E-state index in [0.717, 1.165) is 15.2 Å². The summed E-state index contributed by atoms with van der Waals surface area (Å²) in [5.41, 5.74) is 0.888. The number of hydrogen-bond donors (Lipinski definition) is 1. The van der Waals surface area contributed by atoms with Crippen molar-refractivity contribution in [2.45, 2.75) is 0 Å². The van der Waals surface area contributed by atoms with Gasteiger partial charge in [0, 0.05) is 15.2 Å².